The van der Waals surface area contributed by atoms with E-state index in [2.05, 4.69) is 10.6 Å². The predicted molar refractivity (Wildman–Crippen MR) is 110 cm³/mol. The zero-order valence-corrected chi connectivity index (χ0v) is 16.7. The molecule has 3 rings (SSSR count). The molecule has 0 radical (unpaired) electrons. The quantitative estimate of drug-likeness (QED) is 0.531. The number of carbonyl (C=O) groups is 3. The maximum atomic E-state index is 12.5. The van der Waals surface area contributed by atoms with E-state index in [0.29, 0.717) is 42.9 Å². The lowest BCUT2D eigenvalue weighted by Crippen LogP contribution is -2.31. The van der Waals surface area contributed by atoms with Gasteiger partial charge in [-0.15, -0.1) is 0 Å². The number of carbonyl (C=O) groups excluding carboxylic acids is 3. The summed E-state index contributed by atoms with van der Waals surface area (Å²) in [5, 5.41) is 5.53. The van der Waals surface area contributed by atoms with Gasteiger partial charge in [0, 0.05) is 32.5 Å². The van der Waals surface area contributed by atoms with Crippen molar-refractivity contribution in [3.05, 3.63) is 64.7 Å². The van der Waals surface area contributed by atoms with Gasteiger partial charge in [-0.25, -0.2) is 4.79 Å². The number of aryl methyl sites for hydroxylation is 1. The first-order valence-corrected chi connectivity index (χ1v) is 9.60. The van der Waals surface area contributed by atoms with Crippen LogP contribution in [-0.4, -0.2) is 49.6 Å². The van der Waals surface area contributed by atoms with E-state index in [1.54, 1.807) is 25.3 Å². The predicted octanol–water partition coefficient (Wildman–Crippen LogP) is 2.99. The van der Waals surface area contributed by atoms with Crippen LogP contribution >= 0.6 is 0 Å². The molecule has 0 saturated heterocycles. The average Bonchev–Trinajstić information content (AvgIpc) is 2.94. The van der Waals surface area contributed by atoms with E-state index < -0.39 is 0 Å². The number of benzene rings is 2. The molecule has 2 N–H and O–H groups in total. The number of rotatable bonds is 8. The smallest absolute Gasteiger partial charge is 0.319 e. The first-order chi connectivity index (χ1) is 14.0. The van der Waals surface area contributed by atoms with E-state index in [1.165, 1.54) is 16.0 Å². The molecule has 4 amide bonds. The van der Waals surface area contributed by atoms with Crippen molar-refractivity contribution in [3.8, 4) is 0 Å². The summed E-state index contributed by atoms with van der Waals surface area (Å²) in [6.07, 6.45) is 1.31. The highest BCUT2D eigenvalue weighted by atomic mass is 16.5. The summed E-state index contributed by atoms with van der Waals surface area (Å²) in [6, 6.07) is 12.4. The molecule has 152 valence electrons. The van der Waals surface area contributed by atoms with Gasteiger partial charge in [-0.3, -0.25) is 14.5 Å². The van der Waals surface area contributed by atoms with Crippen LogP contribution < -0.4 is 10.6 Å². The van der Waals surface area contributed by atoms with Gasteiger partial charge in [-0.1, -0.05) is 24.3 Å². The number of methoxy groups -OCH3 is 1. The molecule has 0 fully saturated rings. The number of amides is 4. The Morgan fingerprint density at radius 1 is 1.07 bits per heavy atom. The third-order valence-electron chi connectivity index (χ3n) is 4.90. The van der Waals surface area contributed by atoms with Crippen molar-refractivity contribution in [1.82, 2.24) is 10.2 Å². The van der Waals surface area contributed by atoms with Gasteiger partial charge in [0.05, 0.1) is 11.1 Å². The van der Waals surface area contributed by atoms with Crippen LogP contribution in [-0.2, 0) is 11.2 Å². The molecular formula is C22H25N3O4. The lowest BCUT2D eigenvalue weighted by molar-refractivity contribution is 0.0638. The Balaban J connectivity index is 1.57. The second-order valence-electron chi connectivity index (χ2n) is 6.93. The fraction of sp³-hybridized carbons (Fsp3) is 0.318. The van der Waals surface area contributed by atoms with Gasteiger partial charge >= 0.3 is 6.03 Å². The van der Waals surface area contributed by atoms with E-state index >= 15 is 0 Å². The maximum absolute atomic E-state index is 12.5. The summed E-state index contributed by atoms with van der Waals surface area (Å²) >= 11 is 0. The largest absolute Gasteiger partial charge is 0.385 e. The Morgan fingerprint density at radius 2 is 1.83 bits per heavy atom. The lowest BCUT2D eigenvalue weighted by Gasteiger charge is -2.12. The molecule has 0 unspecified atom stereocenters. The Hall–Kier alpha value is -3.19. The van der Waals surface area contributed by atoms with Crippen molar-refractivity contribution in [2.45, 2.75) is 19.8 Å². The highest BCUT2D eigenvalue weighted by molar-refractivity contribution is 6.21. The number of ether oxygens (including phenoxy) is 1. The molecule has 0 atom stereocenters. The summed E-state index contributed by atoms with van der Waals surface area (Å²) in [6.45, 7) is 3.31. The number of nitrogens with zero attached hydrogens (tertiary/aromatic N) is 1. The van der Waals surface area contributed by atoms with Crippen LogP contribution in [0, 0.1) is 6.92 Å². The van der Waals surface area contributed by atoms with Gasteiger partial charge in [0.1, 0.15) is 0 Å². The number of fused-ring (bicyclic) bond motifs is 1. The van der Waals surface area contributed by atoms with Crippen LogP contribution in [0.4, 0.5) is 10.5 Å². The first-order valence-electron chi connectivity index (χ1n) is 9.60. The Bertz CT molecular complexity index is 926. The van der Waals surface area contributed by atoms with E-state index in [1.807, 2.05) is 31.2 Å². The minimum absolute atomic E-state index is 0.308. The number of hydrogen-bond donors (Lipinski definition) is 2. The lowest BCUT2D eigenvalue weighted by atomic mass is 10.1. The number of anilines is 1. The maximum Gasteiger partial charge on any atom is 0.319 e. The van der Waals surface area contributed by atoms with Crippen molar-refractivity contribution in [2.75, 3.05) is 32.1 Å². The van der Waals surface area contributed by atoms with Crippen LogP contribution in [0.15, 0.2) is 42.5 Å². The molecule has 2 aromatic carbocycles. The normalized spacial score (nSPS) is 12.8. The monoisotopic (exact) mass is 395 g/mol. The Kier molecular flexibility index (Phi) is 6.61. The SMILES string of the molecule is COCCCN1C(=O)c2ccc(NC(=O)NCCc3ccccc3C)cc2C1=O. The van der Waals surface area contributed by atoms with Crippen LogP contribution in [0.25, 0.3) is 0 Å². The summed E-state index contributed by atoms with van der Waals surface area (Å²) in [4.78, 5) is 38.3. The van der Waals surface area contributed by atoms with E-state index in [-0.39, 0.29) is 17.8 Å². The van der Waals surface area contributed by atoms with Crippen molar-refractivity contribution in [3.63, 3.8) is 0 Å². The molecule has 0 spiro atoms. The first kappa shape index (κ1) is 20.5. The number of imide groups is 1. The molecule has 0 aliphatic carbocycles. The minimum Gasteiger partial charge on any atom is -0.385 e. The van der Waals surface area contributed by atoms with Gasteiger partial charge < -0.3 is 15.4 Å². The second kappa shape index (κ2) is 9.34. The topological polar surface area (TPSA) is 87.7 Å². The molecule has 7 heteroatoms. The van der Waals surface area contributed by atoms with Gasteiger partial charge in [0.2, 0.25) is 0 Å². The molecule has 1 aliphatic rings. The average molecular weight is 395 g/mol. The Labute approximate surface area is 170 Å². The van der Waals surface area contributed by atoms with E-state index in [4.69, 9.17) is 4.74 Å². The van der Waals surface area contributed by atoms with Crippen LogP contribution in [0.3, 0.4) is 0 Å². The summed E-state index contributed by atoms with van der Waals surface area (Å²) in [5.74, 6) is -0.653. The van der Waals surface area contributed by atoms with Crippen molar-refractivity contribution in [2.24, 2.45) is 0 Å². The molecule has 1 aliphatic heterocycles. The van der Waals surface area contributed by atoms with Gasteiger partial charge in [0.15, 0.2) is 0 Å². The fourth-order valence-corrected chi connectivity index (χ4v) is 3.32. The summed E-state index contributed by atoms with van der Waals surface area (Å²) in [5.41, 5.74) is 3.51. The molecule has 29 heavy (non-hydrogen) atoms. The van der Waals surface area contributed by atoms with E-state index in [9.17, 15) is 14.4 Å². The molecule has 0 aromatic heterocycles. The second-order valence-corrected chi connectivity index (χ2v) is 6.93. The zero-order valence-electron chi connectivity index (χ0n) is 16.7. The third kappa shape index (κ3) is 4.81. The van der Waals surface area contributed by atoms with Crippen molar-refractivity contribution < 1.29 is 19.1 Å². The number of hydrogen-bond acceptors (Lipinski definition) is 4. The number of nitrogens with one attached hydrogen (secondary N) is 2. The third-order valence-corrected chi connectivity index (χ3v) is 4.90. The molecule has 0 saturated carbocycles. The van der Waals surface area contributed by atoms with Crippen molar-refractivity contribution in [1.29, 1.82) is 0 Å². The van der Waals surface area contributed by atoms with Crippen LogP contribution in [0.2, 0.25) is 0 Å². The molecule has 1 heterocycles. The summed E-state index contributed by atoms with van der Waals surface area (Å²) < 4.78 is 4.98. The highest BCUT2D eigenvalue weighted by Crippen LogP contribution is 2.26. The van der Waals surface area contributed by atoms with Gasteiger partial charge in [-0.05, 0) is 49.1 Å². The van der Waals surface area contributed by atoms with E-state index in [0.717, 1.165) is 6.42 Å². The molecular weight excluding hydrogens is 370 g/mol. The fourth-order valence-electron chi connectivity index (χ4n) is 3.32. The molecule has 2 aromatic rings. The zero-order chi connectivity index (χ0) is 20.8. The minimum atomic E-state index is -0.354. The molecule has 7 nitrogen and oxygen atoms in total. The Morgan fingerprint density at radius 3 is 2.59 bits per heavy atom. The van der Waals surface area contributed by atoms with Crippen LogP contribution in [0.1, 0.15) is 38.3 Å². The standard InChI is InChI=1S/C22H25N3O4/c1-15-6-3-4-7-16(15)10-11-23-22(28)24-17-8-9-18-19(14-17)21(27)25(20(18)26)12-5-13-29-2/h3-4,6-9,14H,5,10-13H2,1-2H3,(H2,23,24,28). The van der Waals surface area contributed by atoms with Gasteiger partial charge in [-0.2, -0.15) is 0 Å². The van der Waals surface area contributed by atoms with Crippen molar-refractivity contribution >= 4 is 23.5 Å². The van der Waals surface area contributed by atoms with Gasteiger partial charge in [0.25, 0.3) is 11.8 Å². The highest BCUT2D eigenvalue weighted by Gasteiger charge is 2.35. The molecule has 0 bridgehead atoms. The summed E-state index contributed by atoms with van der Waals surface area (Å²) in [7, 11) is 1.58. The number of urea groups is 1. The van der Waals surface area contributed by atoms with Crippen LogP contribution in [0.5, 0.6) is 0 Å².